The molecule has 10 atom stereocenters. The van der Waals surface area contributed by atoms with Gasteiger partial charge in [-0.15, -0.1) is 0 Å². The van der Waals surface area contributed by atoms with Crippen molar-refractivity contribution >= 4 is 11.8 Å². The molecule has 2 heterocycles. The highest BCUT2D eigenvalue weighted by atomic mass is 16.7. The van der Waals surface area contributed by atoms with Crippen molar-refractivity contribution in [1.29, 1.82) is 0 Å². The molecule has 0 radical (unpaired) electrons. The molecule has 0 spiro atoms. The fourth-order valence-electron chi connectivity index (χ4n) is 4.16. The molecule has 37 heavy (non-hydrogen) atoms. The van der Waals surface area contributed by atoms with Gasteiger partial charge in [0.1, 0.15) is 48.8 Å². The number of ether oxygens (including phenoxy) is 4. The van der Waals surface area contributed by atoms with Gasteiger partial charge < -0.3 is 60.2 Å². The Balaban J connectivity index is 1.96. The number of amides is 2. The lowest BCUT2D eigenvalue weighted by Crippen LogP contribution is -2.67. The zero-order chi connectivity index (χ0) is 27.5. The summed E-state index contributed by atoms with van der Waals surface area (Å²) in [6.07, 6.45) is -8.74. The number of hydrogen-bond acceptors (Lipinski definition) is 12. The summed E-state index contributed by atoms with van der Waals surface area (Å²) in [7, 11) is 0. The van der Waals surface area contributed by atoms with Gasteiger partial charge in [-0.2, -0.15) is 0 Å². The Bertz CT molecular complexity index is 726. The van der Waals surface area contributed by atoms with Crippen LogP contribution >= 0.6 is 0 Å². The zero-order valence-corrected chi connectivity index (χ0v) is 20.8. The van der Waals surface area contributed by atoms with Crippen LogP contribution in [0.2, 0.25) is 0 Å². The Kier molecular flexibility index (Phi) is 13.3. The number of aliphatic hydroxyl groups excluding tert-OH is 6. The third-order valence-electron chi connectivity index (χ3n) is 6.20. The second-order valence-electron chi connectivity index (χ2n) is 9.02. The normalized spacial score (nSPS) is 36.1. The van der Waals surface area contributed by atoms with Gasteiger partial charge in [-0.25, -0.2) is 0 Å². The van der Waals surface area contributed by atoms with Gasteiger partial charge in [-0.05, 0) is 18.9 Å². The first-order chi connectivity index (χ1) is 17.6. The molecule has 2 amide bonds. The molecule has 2 aliphatic heterocycles. The predicted octanol–water partition coefficient (Wildman–Crippen LogP) is -3.37. The molecule has 0 aromatic rings. The van der Waals surface area contributed by atoms with E-state index in [-0.39, 0.29) is 12.5 Å². The SMILES string of the molecule is C=CC(=O)NCCCCCCO[C@@H]1O[C@H](CO)[C@@H](O[C@@H]2O[C@H](CO)[C@H](O)[C@H](O)[C@H]2O)[C@H](O)[C@H]1NC(C)=O. The van der Waals surface area contributed by atoms with Crippen LogP contribution in [0.25, 0.3) is 0 Å². The first-order valence-corrected chi connectivity index (χ1v) is 12.3. The van der Waals surface area contributed by atoms with Crippen molar-refractivity contribution in [2.75, 3.05) is 26.4 Å². The lowest BCUT2D eigenvalue weighted by atomic mass is 9.95. The monoisotopic (exact) mass is 536 g/mol. The Morgan fingerprint density at radius 1 is 0.892 bits per heavy atom. The first-order valence-electron chi connectivity index (χ1n) is 12.3. The predicted molar refractivity (Wildman–Crippen MR) is 126 cm³/mol. The Labute approximate surface area is 215 Å². The van der Waals surface area contributed by atoms with E-state index < -0.39 is 80.5 Å². The standard InChI is InChI=1S/C23H40N2O12/c1-3-15(29)24-8-6-4-5-7-9-34-22-16(25-12(2)28)18(31)21(14(11-27)36-22)37-23-20(33)19(32)17(30)13(10-26)35-23/h3,13-14,16-23,26-27,30-33H,1,4-11H2,2H3,(H,24,29)(H,25,28)/t13-,14-,16-,17+,18-,19+,20-,21-,22-,23+/m1/s1. The highest BCUT2D eigenvalue weighted by Crippen LogP contribution is 2.29. The molecule has 0 aliphatic carbocycles. The Morgan fingerprint density at radius 2 is 1.54 bits per heavy atom. The van der Waals surface area contributed by atoms with E-state index in [0.29, 0.717) is 13.0 Å². The summed E-state index contributed by atoms with van der Waals surface area (Å²) in [5.74, 6) is -0.718. The third kappa shape index (κ3) is 8.92. The zero-order valence-electron chi connectivity index (χ0n) is 20.8. The molecule has 214 valence electrons. The van der Waals surface area contributed by atoms with Gasteiger partial charge in [0.05, 0.1) is 13.2 Å². The maximum Gasteiger partial charge on any atom is 0.243 e. The smallest absolute Gasteiger partial charge is 0.243 e. The van der Waals surface area contributed by atoms with Gasteiger partial charge in [0, 0.05) is 20.1 Å². The van der Waals surface area contributed by atoms with E-state index in [0.717, 1.165) is 19.3 Å². The summed E-state index contributed by atoms with van der Waals surface area (Å²) in [5.41, 5.74) is 0. The summed E-state index contributed by atoms with van der Waals surface area (Å²) in [5, 5.41) is 65.7. The number of rotatable bonds is 14. The molecular formula is C23H40N2O12. The molecular weight excluding hydrogens is 496 g/mol. The maximum atomic E-state index is 11.8. The van der Waals surface area contributed by atoms with E-state index >= 15 is 0 Å². The van der Waals surface area contributed by atoms with Crippen molar-refractivity contribution in [3.63, 3.8) is 0 Å². The number of aliphatic hydroxyl groups is 6. The lowest BCUT2D eigenvalue weighted by molar-refractivity contribution is -0.348. The van der Waals surface area contributed by atoms with E-state index in [1.165, 1.54) is 13.0 Å². The molecule has 0 saturated carbocycles. The molecule has 2 fully saturated rings. The Morgan fingerprint density at radius 3 is 2.16 bits per heavy atom. The topological polar surface area (TPSA) is 216 Å². The molecule has 14 heteroatoms. The number of carbonyl (C=O) groups excluding carboxylic acids is 2. The van der Waals surface area contributed by atoms with Crippen LogP contribution in [-0.4, -0.2) is 130 Å². The van der Waals surface area contributed by atoms with Crippen LogP contribution in [0.3, 0.4) is 0 Å². The van der Waals surface area contributed by atoms with Crippen molar-refractivity contribution < 1.29 is 59.2 Å². The second kappa shape index (κ2) is 15.6. The van der Waals surface area contributed by atoms with Crippen LogP contribution in [0.15, 0.2) is 12.7 Å². The molecule has 0 aromatic carbocycles. The average Bonchev–Trinajstić information content (AvgIpc) is 2.88. The van der Waals surface area contributed by atoms with E-state index in [2.05, 4.69) is 17.2 Å². The first kappa shape index (κ1) is 31.5. The average molecular weight is 537 g/mol. The lowest BCUT2D eigenvalue weighted by Gasteiger charge is -2.47. The van der Waals surface area contributed by atoms with E-state index in [4.69, 9.17) is 18.9 Å². The third-order valence-corrected chi connectivity index (χ3v) is 6.20. The quantitative estimate of drug-likeness (QED) is 0.0806. The van der Waals surface area contributed by atoms with Crippen molar-refractivity contribution in [3.8, 4) is 0 Å². The maximum absolute atomic E-state index is 11.8. The van der Waals surface area contributed by atoms with Crippen LogP contribution in [0, 0.1) is 0 Å². The molecule has 2 saturated heterocycles. The Hall–Kier alpha value is -1.72. The van der Waals surface area contributed by atoms with Gasteiger partial charge in [-0.3, -0.25) is 9.59 Å². The molecule has 14 nitrogen and oxygen atoms in total. The minimum absolute atomic E-state index is 0.225. The fourth-order valence-corrected chi connectivity index (χ4v) is 4.16. The number of hydrogen-bond donors (Lipinski definition) is 8. The van der Waals surface area contributed by atoms with Crippen molar-refractivity contribution in [1.82, 2.24) is 10.6 Å². The van der Waals surface area contributed by atoms with Crippen molar-refractivity contribution in [2.45, 2.75) is 94.0 Å². The number of unbranched alkanes of at least 4 members (excludes halogenated alkanes) is 3. The summed E-state index contributed by atoms with van der Waals surface area (Å²) in [6.45, 7) is 4.08. The molecule has 2 rings (SSSR count). The van der Waals surface area contributed by atoms with Crippen LogP contribution in [0.4, 0.5) is 0 Å². The largest absolute Gasteiger partial charge is 0.394 e. The van der Waals surface area contributed by atoms with E-state index in [1.54, 1.807) is 0 Å². The molecule has 0 bridgehead atoms. The van der Waals surface area contributed by atoms with Crippen LogP contribution < -0.4 is 10.6 Å². The van der Waals surface area contributed by atoms with E-state index in [1.807, 2.05) is 0 Å². The van der Waals surface area contributed by atoms with Crippen LogP contribution in [-0.2, 0) is 28.5 Å². The van der Waals surface area contributed by atoms with Crippen molar-refractivity contribution in [3.05, 3.63) is 12.7 Å². The molecule has 2 aliphatic rings. The summed E-state index contributed by atoms with van der Waals surface area (Å²) in [6, 6.07) is -1.11. The van der Waals surface area contributed by atoms with Crippen molar-refractivity contribution in [2.24, 2.45) is 0 Å². The van der Waals surface area contributed by atoms with Gasteiger partial charge in [-0.1, -0.05) is 19.4 Å². The number of nitrogens with one attached hydrogen (secondary N) is 2. The fraction of sp³-hybridized carbons (Fsp3) is 0.826. The summed E-state index contributed by atoms with van der Waals surface area (Å²) >= 11 is 0. The van der Waals surface area contributed by atoms with E-state index in [9.17, 15) is 40.2 Å². The van der Waals surface area contributed by atoms with Gasteiger partial charge in [0.15, 0.2) is 12.6 Å². The second-order valence-corrected chi connectivity index (χ2v) is 9.02. The highest BCUT2D eigenvalue weighted by Gasteiger charge is 2.51. The highest BCUT2D eigenvalue weighted by molar-refractivity contribution is 5.86. The summed E-state index contributed by atoms with van der Waals surface area (Å²) in [4.78, 5) is 22.9. The van der Waals surface area contributed by atoms with Crippen LogP contribution in [0.5, 0.6) is 0 Å². The molecule has 0 unspecified atom stereocenters. The summed E-state index contributed by atoms with van der Waals surface area (Å²) < 4.78 is 22.5. The van der Waals surface area contributed by atoms with Gasteiger partial charge in [0.25, 0.3) is 0 Å². The minimum Gasteiger partial charge on any atom is -0.394 e. The molecule has 0 aromatic heterocycles. The van der Waals surface area contributed by atoms with Gasteiger partial charge in [0.2, 0.25) is 11.8 Å². The number of carbonyl (C=O) groups is 2. The van der Waals surface area contributed by atoms with Crippen LogP contribution in [0.1, 0.15) is 32.6 Å². The minimum atomic E-state index is -1.73. The molecule has 8 N–H and O–H groups in total. The van der Waals surface area contributed by atoms with Gasteiger partial charge >= 0.3 is 0 Å².